The smallest absolute Gasteiger partial charge is 0.335 e. The molecule has 0 radical (unpaired) electrons. The van der Waals surface area contributed by atoms with E-state index < -0.39 is 40.6 Å². The number of hydrogen-bond acceptors (Lipinski definition) is 10. The van der Waals surface area contributed by atoms with Crippen molar-refractivity contribution in [2.75, 3.05) is 11.1 Å². The topological polar surface area (TPSA) is 241 Å². The zero-order chi connectivity index (χ0) is 33.6. The van der Waals surface area contributed by atoms with Gasteiger partial charge in [-0.25, -0.2) is 14.3 Å². The Bertz CT molecular complexity index is 2210. The number of nitrogens with one attached hydrogen (secondary N) is 3. The fraction of sp³-hybridized carbons (Fsp3) is 0.188. The van der Waals surface area contributed by atoms with Crippen molar-refractivity contribution in [3.05, 3.63) is 119 Å². The van der Waals surface area contributed by atoms with Gasteiger partial charge in [0.25, 0.3) is 28.6 Å². The molecule has 15 heteroatoms. The van der Waals surface area contributed by atoms with Gasteiger partial charge in [-0.3, -0.25) is 24.0 Å². The largest absolute Gasteiger partial charge is 0.478 e. The Kier molecular flexibility index (Phi) is 7.72. The van der Waals surface area contributed by atoms with Crippen LogP contribution in [-0.4, -0.2) is 43.4 Å². The van der Waals surface area contributed by atoms with Crippen molar-refractivity contribution in [3.63, 3.8) is 0 Å². The number of carboxylic acids is 1. The fourth-order valence-corrected chi connectivity index (χ4v) is 5.81. The predicted octanol–water partition coefficient (Wildman–Crippen LogP) is 0.972. The summed E-state index contributed by atoms with van der Waals surface area (Å²) in [5, 5.41) is 22.1. The molecule has 238 valence electrons. The maximum atomic E-state index is 13.7. The first-order valence-corrected chi connectivity index (χ1v) is 14.5. The number of nitrogens with zero attached hydrogens (tertiary/aromatic N) is 3. The van der Waals surface area contributed by atoms with Crippen molar-refractivity contribution < 1.29 is 24.3 Å². The number of benzene rings is 2. The van der Waals surface area contributed by atoms with Gasteiger partial charge in [0.2, 0.25) is 0 Å². The average Bonchev–Trinajstić information content (AvgIpc) is 3.68. The molecule has 15 nitrogen and oxygen atoms in total. The summed E-state index contributed by atoms with van der Waals surface area (Å²) < 4.78 is 1.14. The quantitative estimate of drug-likeness (QED) is 0.118. The zero-order valence-electron chi connectivity index (χ0n) is 24.9. The van der Waals surface area contributed by atoms with Gasteiger partial charge >= 0.3 is 5.97 Å². The average molecular weight is 637 g/mol. The number of anilines is 2. The van der Waals surface area contributed by atoms with Crippen molar-refractivity contribution in [3.8, 4) is 0 Å². The molecule has 3 aromatic carbocycles. The number of fused-ring (bicyclic) bond motifs is 2. The van der Waals surface area contributed by atoms with E-state index in [0.29, 0.717) is 24.0 Å². The predicted molar refractivity (Wildman–Crippen MR) is 169 cm³/mol. The summed E-state index contributed by atoms with van der Waals surface area (Å²) >= 11 is 0. The molecule has 5 aromatic rings. The Labute approximate surface area is 265 Å². The number of carbonyl (C=O) groups is 4. The van der Waals surface area contributed by atoms with Gasteiger partial charge in [0, 0.05) is 19.2 Å². The maximum absolute atomic E-state index is 13.7. The summed E-state index contributed by atoms with van der Waals surface area (Å²) in [6.45, 7) is 2.03. The van der Waals surface area contributed by atoms with Crippen molar-refractivity contribution >= 4 is 40.7 Å². The van der Waals surface area contributed by atoms with Crippen molar-refractivity contribution in [2.24, 2.45) is 5.73 Å². The number of rotatable bonds is 10. The molecule has 0 spiro atoms. The van der Waals surface area contributed by atoms with Gasteiger partial charge < -0.3 is 32.5 Å². The van der Waals surface area contributed by atoms with Crippen LogP contribution in [0.5, 0.6) is 0 Å². The minimum Gasteiger partial charge on any atom is -0.478 e. The Morgan fingerprint density at radius 1 is 1.00 bits per heavy atom. The molecule has 3 amide bonds. The SMILES string of the molecule is Cc1c(C(=O)O)ccc2c1CC[C@@H]2NC(=O)c1cc(C(=O)NCc2cccc(CNc3c(N)c(=O)c3=O)c2)nc2c(C(N)=O)cnn12. The first-order valence-electron chi connectivity index (χ1n) is 14.5. The van der Waals surface area contributed by atoms with E-state index >= 15 is 0 Å². The lowest BCUT2D eigenvalue weighted by atomic mass is 9.98. The summed E-state index contributed by atoms with van der Waals surface area (Å²) in [7, 11) is 0. The lowest BCUT2D eigenvalue weighted by Crippen LogP contribution is -2.36. The molecule has 8 N–H and O–H groups in total. The van der Waals surface area contributed by atoms with Crippen LogP contribution in [0.4, 0.5) is 11.4 Å². The van der Waals surface area contributed by atoms with Crippen LogP contribution in [0, 0.1) is 6.92 Å². The summed E-state index contributed by atoms with van der Waals surface area (Å²) in [6, 6.07) is 11.1. The molecular weight excluding hydrogens is 608 g/mol. The number of carboxylic acid groups (broad SMARTS) is 1. The number of aromatic nitrogens is 3. The van der Waals surface area contributed by atoms with Crippen LogP contribution < -0.4 is 38.3 Å². The second-order valence-electron chi connectivity index (χ2n) is 11.2. The Morgan fingerprint density at radius 2 is 1.74 bits per heavy atom. The molecule has 0 aliphatic heterocycles. The van der Waals surface area contributed by atoms with E-state index in [0.717, 1.165) is 21.2 Å². The van der Waals surface area contributed by atoms with Gasteiger partial charge in [0.05, 0.1) is 17.8 Å². The van der Waals surface area contributed by atoms with Crippen LogP contribution in [0.25, 0.3) is 5.65 Å². The van der Waals surface area contributed by atoms with E-state index in [9.17, 15) is 33.9 Å². The van der Waals surface area contributed by atoms with Crippen LogP contribution in [0.1, 0.15) is 82.0 Å². The van der Waals surface area contributed by atoms with Gasteiger partial charge in [-0.1, -0.05) is 30.3 Å². The standard InChI is InChI=1S/C32H28N8O7/c1-14-17-7-8-21(19(17)6-5-18(14)32(46)47)39-31(45)23-10-22(38-29-20(28(34)43)13-37-40(23)29)30(44)36-12-16-4-2-3-15(9-16)11-35-25-24(33)26(41)27(25)42/h2-6,9-10,13,21,35H,7-8,11-12,33H2,1H3,(H2,34,43)(H,36,44)(H,39,45)(H,46,47)/t21-/m0/s1. The molecular formula is C32H28N8O7. The molecule has 1 atom stereocenters. The maximum Gasteiger partial charge on any atom is 0.335 e. The molecule has 0 saturated heterocycles. The molecule has 47 heavy (non-hydrogen) atoms. The highest BCUT2D eigenvalue weighted by Gasteiger charge is 2.29. The van der Waals surface area contributed by atoms with Crippen LogP contribution in [0.15, 0.2) is 58.3 Å². The number of nitrogen functional groups attached to an aromatic ring is 1. The number of primary amides is 1. The van der Waals surface area contributed by atoms with E-state index in [1.165, 1.54) is 18.3 Å². The fourth-order valence-electron chi connectivity index (χ4n) is 5.81. The Morgan fingerprint density at radius 3 is 2.45 bits per heavy atom. The van der Waals surface area contributed by atoms with Crippen LogP contribution in [0.3, 0.4) is 0 Å². The lowest BCUT2D eigenvalue weighted by molar-refractivity contribution is 0.0695. The molecule has 0 saturated carbocycles. The number of aromatic carboxylic acids is 1. The zero-order valence-corrected chi connectivity index (χ0v) is 24.9. The van der Waals surface area contributed by atoms with E-state index in [1.54, 1.807) is 37.3 Å². The molecule has 2 heterocycles. The third-order valence-electron chi connectivity index (χ3n) is 8.29. The van der Waals surface area contributed by atoms with Crippen LogP contribution >= 0.6 is 0 Å². The van der Waals surface area contributed by atoms with Crippen molar-refractivity contribution in [1.29, 1.82) is 0 Å². The third kappa shape index (κ3) is 5.54. The van der Waals surface area contributed by atoms with Gasteiger partial charge in [-0.2, -0.15) is 5.10 Å². The monoisotopic (exact) mass is 636 g/mol. The first-order chi connectivity index (χ1) is 22.4. The minimum atomic E-state index is -1.03. The molecule has 0 unspecified atom stereocenters. The first kappa shape index (κ1) is 30.6. The summed E-state index contributed by atoms with van der Waals surface area (Å²) in [5.41, 5.74) is 13.2. The Balaban J connectivity index is 1.22. The third-order valence-corrected chi connectivity index (χ3v) is 8.29. The normalized spacial score (nSPS) is 13.8. The van der Waals surface area contributed by atoms with Crippen molar-refractivity contribution in [2.45, 2.75) is 38.9 Å². The summed E-state index contributed by atoms with van der Waals surface area (Å²) in [5.74, 6) is -3.10. The highest BCUT2D eigenvalue weighted by Crippen LogP contribution is 2.35. The van der Waals surface area contributed by atoms with E-state index in [-0.39, 0.29) is 52.6 Å². The molecule has 6 rings (SSSR count). The van der Waals surface area contributed by atoms with Gasteiger partial charge in [-0.15, -0.1) is 0 Å². The highest BCUT2D eigenvalue weighted by atomic mass is 16.4. The van der Waals surface area contributed by atoms with Crippen LogP contribution in [0.2, 0.25) is 0 Å². The number of amides is 3. The van der Waals surface area contributed by atoms with E-state index in [1.807, 2.05) is 0 Å². The van der Waals surface area contributed by atoms with Crippen molar-refractivity contribution in [1.82, 2.24) is 25.2 Å². The number of hydrogen-bond donors (Lipinski definition) is 6. The van der Waals surface area contributed by atoms with Crippen LogP contribution in [-0.2, 0) is 19.5 Å². The van der Waals surface area contributed by atoms with Gasteiger partial charge in [0.15, 0.2) is 5.65 Å². The second-order valence-corrected chi connectivity index (χ2v) is 11.2. The number of nitrogens with two attached hydrogens (primary N) is 2. The summed E-state index contributed by atoms with van der Waals surface area (Å²) in [6.07, 6.45) is 2.27. The molecule has 0 fully saturated rings. The van der Waals surface area contributed by atoms with Gasteiger partial charge in [-0.05, 0) is 53.6 Å². The molecule has 2 aromatic heterocycles. The lowest BCUT2D eigenvalue weighted by Gasteiger charge is -2.16. The molecule has 1 aliphatic carbocycles. The van der Waals surface area contributed by atoms with E-state index in [4.69, 9.17) is 11.5 Å². The minimum absolute atomic E-state index is 0.0642. The summed E-state index contributed by atoms with van der Waals surface area (Å²) in [4.78, 5) is 78.0. The Hall–Kier alpha value is -6.38. The molecule has 0 bridgehead atoms. The molecule has 1 aliphatic rings. The second kappa shape index (κ2) is 11.8. The number of carbonyl (C=O) groups excluding carboxylic acids is 3. The van der Waals surface area contributed by atoms with Gasteiger partial charge in [0.1, 0.15) is 28.3 Å². The highest BCUT2D eigenvalue weighted by molar-refractivity contribution is 6.02. The van der Waals surface area contributed by atoms with E-state index in [2.05, 4.69) is 26.0 Å².